The highest BCUT2D eigenvalue weighted by atomic mass is 16.5. The molecular weight excluding hydrogens is 514 g/mol. The molecule has 0 aliphatic carbocycles. The zero-order valence-electron chi connectivity index (χ0n) is 22.7. The van der Waals surface area contributed by atoms with Gasteiger partial charge in [-0.3, -0.25) is 4.98 Å². The van der Waals surface area contributed by atoms with Crippen LogP contribution in [0, 0.1) is 0 Å². The Kier molecular flexibility index (Phi) is 7.57. The Labute approximate surface area is 237 Å². The smallest absolute Gasteiger partial charge is 0.340 e. The number of para-hydroxylation sites is 1. The van der Waals surface area contributed by atoms with E-state index >= 15 is 0 Å². The minimum atomic E-state index is -0.371. The van der Waals surface area contributed by atoms with Crippen molar-refractivity contribution >= 4 is 17.0 Å². The first-order valence-corrected chi connectivity index (χ1v) is 13.7. The minimum Gasteiger partial charge on any atom is -0.457 e. The molecule has 9 heteroatoms. The fraction of sp³-hybridized carbons (Fsp3) is 0.188. The van der Waals surface area contributed by atoms with Gasteiger partial charge in [0.1, 0.15) is 12.4 Å². The number of pyridine rings is 1. The third-order valence-corrected chi connectivity index (χ3v) is 7.06. The van der Waals surface area contributed by atoms with Crippen molar-refractivity contribution in [1.82, 2.24) is 35.2 Å². The lowest BCUT2D eigenvalue weighted by atomic mass is 9.98. The summed E-state index contributed by atoms with van der Waals surface area (Å²) in [7, 11) is 0. The highest BCUT2D eigenvalue weighted by Crippen LogP contribution is 2.30. The molecule has 0 unspecified atom stereocenters. The van der Waals surface area contributed by atoms with E-state index in [1.165, 1.54) is 0 Å². The molecule has 1 N–H and O–H groups in total. The van der Waals surface area contributed by atoms with Crippen LogP contribution < -0.4 is 0 Å². The van der Waals surface area contributed by atoms with Gasteiger partial charge in [-0.1, -0.05) is 67.9 Å². The minimum absolute atomic E-state index is 0.182. The number of esters is 1. The number of tetrazole rings is 1. The molecule has 6 rings (SSSR count). The number of rotatable bonds is 10. The number of fused-ring (bicyclic) bond motifs is 1. The zero-order valence-corrected chi connectivity index (χ0v) is 22.7. The Bertz CT molecular complexity index is 1760. The summed E-state index contributed by atoms with van der Waals surface area (Å²) in [6, 6.07) is 25.7. The number of carbonyl (C=O) groups excluding carboxylic acids is 1. The van der Waals surface area contributed by atoms with Crippen molar-refractivity contribution in [3.05, 3.63) is 114 Å². The van der Waals surface area contributed by atoms with E-state index in [2.05, 4.69) is 67.4 Å². The number of H-pyrrole nitrogens is 1. The molecule has 41 heavy (non-hydrogen) atoms. The summed E-state index contributed by atoms with van der Waals surface area (Å²) in [6.07, 6.45) is 6.27. The fourth-order valence-electron chi connectivity index (χ4n) is 4.98. The van der Waals surface area contributed by atoms with Crippen molar-refractivity contribution in [1.29, 1.82) is 0 Å². The first-order chi connectivity index (χ1) is 20.2. The van der Waals surface area contributed by atoms with E-state index in [1.807, 2.05) is 48.5 Å². The number of unbranched alkanes of at least 4 members (excludes halogenated alkanes) is 1. The lowest BCUT2D eigenvalue weighted by molar-refractivity contribution is 0.0474. The number of benzene rings is 3. The largest absolute Gasteiger partial charge is 0.457 e. The normalized spacial score (nSPS) is 11.1. The maximum absolute atomic E-state index is 13.3. The quantitative estimate of drug-likeness (QED) is 0.210. The van der Waals surface area contributed by atoms with Crippen LogP contribution >= 0.6 is 0 Å². The monoisotopic (exact) mass is 543 g/mol. The molecular formula is C32H29N7O2. The van der Waals surface area contributed by atoms with Crippen LogP contribution in [0.5, 0.6) is 0 Å². The zero-order chi connectivity index (χ0) is 28.0. The van der Waals surface area contributed by atoms with Crippen molar-refractivity contribution in [2.75, 3.05) is 0 Å². The number of aromatic amines is 1. The van der Waals surface area contributed by atoms with Gasteiger partial charge < -0.3 is 9.30 Å². The van der Waals surface area contributed by atoms with E-state index < -0.39 is 0 Å². The summed E-state index contributed by atoms with van der Waals surface area (Å²) in [4.78, 5) is 22.3. The number of aromatic nitrogens is 7. The Balaban J connectivity index is 1.32. The number of ether oxygens (including phenoxy) is 1. The van der Waals surface area contributed by atoms with Crippen molar-refractivity contribution < 1.29 is 9.53 Å². The Hall–Kier alpha value is -5.18. The van der Waals surface area contributed by atoms with Crippen molar-refractivity contribution in [3.8, 4) is 22.5 Å². The molecule has 204 valence electrons. The van der Waals surface area contributed by atoms with E-state index in [-0.39, 0.29) is 12.6 Å². The molecule has 0 saturated carbocycles. The van der Waals surface area contributed by atoms with Crippen molar-refractivity contribution in [2.24, 2.45) is 0 Å². The Morgan fingerprint density at radius 2 is 1.71 bits per heavy atom. The third-order valence-electron chi connectivity index (χ3n) is 7.06. The Morgan fingerprint density at radius 3 is 2.46 bits per heavy atom. The number of imidazole rings is 1. The average Bonchev–Trinajstić information content (AvgIpc) is 3.68. The van der Waals surface area contributed by atoms with E-state index in [1.54, 1.807) is 12.4 Å². The number of nitrogens with one attached hydrogen (secondary N) is 1. The van der Waals surface area contributed by atoms with Crippen LogP contribution in [-0.4, -0.2) is 41.1 Å². The first kappa shape index (κ1) is 26.1. The van der Waals surface area contributed by atoms with Gasteiger partial charge in [-0.15, -0.1) is 10.2 Å². The van der Waals surface area contributed by atoms with Crippen LogP contribution in [0.15, 0.2) is 91.3 Å². The van der Waals surface area contributed by atoms with Gasteiger partial charge in [0, 0.05) is 30.9 Å². The maximum atomic E-state index is 13.3. The van der Waals surface area contributed by atoms with Crippen LogP contribution in [0.1, 0.15) is 47.1 Å². The van der Waals surface area contributed by atoms with E-state index in [4.69, 9.17) is 9.72 Å². The first-order valence-electron chi connectivity index (χ1n) is 13.7. The van der Waals surface area contributed by atoms with E-state index in [0.717, 1.165) is 63.9 Å². The van der Waals surface area contributed by atoms with Crippen molar-refractivity contribution in [2.45, 2.75) is 39.3 Å². The van der Waals surface area contributed by atoms with Gasteiger partial charge in [0.15, 0.2) is 0 Å². The molecule has 3 heterocycles. The highest BCUT2D eigenvalue weighted by molar-refractivity contribution is 6.02. The van der Waals surface area contributed by atoms with Crippen molar-refractivity contribution in [3.63, 3.8) is 0 Å². The van der Waals surface area contributed by atoms with Gasteiger partial charge in [0.05, 0.1) is 16.6 Å². The summed E-state index contributed by atoms with van der Waals surface area (Å²) in [5.41, 5.74) is 7.07. The molecule has 0 saturated heterocycles. The standard InChI is InChI=1S/C32H29N7O2/c1-2-3-11-29-34-28-10-6-9-27(32(40)41-21-23-16-18-33-19-17-23)30(28)39(29)20-22-12-14-24(15-13-22)25-7-4-5-8-26(25)31-35-37-38-36-31/h4-10,12-19H,2-3,11,20-21H2,1H3,(H,35,36,37,38). The summed E-state index contributed by atoms with van der Waals surface area (Å²) in [5, 5.41) is 14.6. The van der Waals surface area contributed by atoms with Crippen LogP contribution in [0.3, 0.4) is 0 Å². The maximum Gasteiger partial charge on any atom is 0.340 e. The SMILES string of the molecule is CCCCc1nc2cccc(C(=O)OCc3ccncc3)c2n1Cc1ccc(-c2ccccc2-c2nn[nH]n2)cc1. The van der Waals surface area contributed by atoms with E-state index in [0.29, 0.717) is 17.9 Å². The number of aryl methyl sites for hydroxylation is 1. The lowest BCUT2D eigenvalue weighted by Crippen LogP contribution is -2.11. The molecule has 0 spiro atoms. The van der Waals surface area contributed by atoms with Crippen LogP contribution in [0.4, 0.5) is 0 Å². The highest BCUT2D eigenvalue weighted by Gasteiger charge is 2.20. The predicted molar refractivity (Wildman–Crippen MR) is 156 cm³/mol. The summed E-state index contributed by atoms with van der Waals surface area (Å²) < 4.78 is 7.86. The summed E-state index contributed by atoms with van der Waals surface area (Å²) in [5.74, 6) is 1.14. The second-order valence-corrected chi connectivity index (χ2v) is 9.80. The van der Waals surface area contributed by atoms with Gasteiger partial charge in [-0.2, -0.15) is 5.21 Å². The number of hydrogen-bond acceptors (Lipinski definition) is 7. The summed E-state index contributed by atoms with van der Waals surface area (Å²) >= 11 is 0. The van der Waals surface area contributed by atoms with Gasteiger partial charge in [-0.25, -0.2) is 9.78 Å². The molecule has 0 amide bonds. The molecule has 0 aliphatic heterocycles. The van der Waals surface area contributed by atoms with E-state index in [9.17, 15) is 4.79 Å². The second-order valence-electron chi connectivity index (χ2n) is 9.80. The molecule has 0 atom stereocenters. The number of hydrogen-bond donors (Lipinski definition) is 1. The van der Waals surface area contributed by atoms with Gasteiger partial charge >= 0.3 is 5.97 Å². The van der Waals surface area contributed by atoms with Crippen LogP contribution in [-0.2, 0) is 24.3 Å². The second kappa shape index (κ2) is 11.9. The number of carbonyl (C=O) groups is 1. The molecule has 6 aromatic rings. The molecule has 3 aromatic heterocycles. The molecule has 0 radical (unpaired) electrons. The topological polar surface area (TPSA) is 111 Å². The molecule has 0 bridgehead atoms. The fourth-order valence-corrected chi connectivity index (χ4v) is 4.98. The number of nitrogens with zero attached hydrogens (tertiary/aromatic N) is 6. The average molecular weight is 544 g/mol. The van der Waals surface area contributed by atoms with Gasteiger partial charge in [-0.05, 0) is 58.2 Å². The van der Waals surface area contributed by atoms with Gasteiger partial charge in [0.25, 0.3) is 0 Å². The Morgan fingerprint density at radius 1 is 0.902 bits per heavy atom. The van der Waals surface area contributed by atoms with Gasteiger partial charge in [0.2, 0.25) is 5.82 Å². The molecule has 9 nitrogen and oxygen atoms in total. The molecule has 0 aliphatic rings. The molecule has 0 fully saturated rings. The van der Waals surface area contributed by atoms with Crippen LogP contribution in [0.2, 0.25) is 0 Å². The molecule has 3 aromatic carbocycles. The lowest BCUT2D eigenvalue weighted by Gasteiger charge is -2.13. The predicted octanol–water partition coefficient (Wildman–Crippen LogP) is 6.03. The summed E-state index contributed by atoms with van der Waals surface area (Å²) in [6.45, 7) is 2.93. The van der Waals surface area contributed by atoms with Crippen LogP contribution in [0.25, 0.3) is 33.5 Å². The third kappa shape index (κ3) is 5.60.